The second-order valence-corrected chi connectivity index (χ2v) is 4.43. The van der Waals surface area contributed by atoms with Crippen LogP contribution in [0, 0.1) is 0 Å². The monoisotopic (exact) mass is 251 g/mol. The Labute approximate surface area is 105 Å². The maximum absolute atomic E-state index is 12.0. The number of hydrogen-bond donors (Lipinski definition) is 3. The highest BCUT2D eigenvalue weighted by atomic mass is 16.2. The van der Waals surface area contributed by atoms with E-state index in [0.717, 1.165) is 25.9 Å². The van der Waals surface area contributed by atoms with Crippen LogP contribution < -0.4 is 11.1 Å². The van der Waals surface area contributed by atoms with Gasteiger partial charge in [-0.2, -0.15) is 5.10 Å². The molecule has 7 nitrogen and oxygen atoms in total. The van der Waals surface area contributed by atoms with Gasteiger partial charge in [-0.25, -0.2) is 0 Å². The maximum atomic E-state index is 12.0. The Morgan fingerprint density at radius 2 is 2.17 bits per heavy atom. The summed E-state index contributed by atoms with van der Waals surface area (Å²) in [7, 11) is 0. The minimum Gasteiger partial charge on any atom is -0.396 e. The molecular formula is C11H17N5O2. The van der Waals surface area contributed by atoms with Crippen molar-refractivity contribution < 1.29 is 9.59 Å². The topological polar surface area (TPSA) is 104 Å². The van der Waals surface area contributed by atoms with E-state index >= 15 is 0 Å². The Balaban J connectivity index is 1.94. The molecule has 0 aromatic carbocycles. The van der Waals surface area contributed by atoms with Gasteiger partial charge in [0.25, 0.3) is 5.91 Å². The fourth-order valence-electron chi connectivity index (χ4n) is 2.02. The van der Waals surface area contributed by atoms with Gasteiger partial charge in [0.05, 0.1) is 11.9 Å². The fraction of sp³-hybridized carbons (Fsp3) is 0.545. The smallest absolute Gasteiger partial charge is 0.272 e. The van der Waals surface area contributed by atoms with Crippen LogP contribution in [0.5, 0.6) is 0 Å². The van der Waals surface area contributed by atoms with E-state index < -0.39 is 11.9 Å². The lowest BCUT2D eigenvalue weighted by Crippen LogP contribution is -2.46. The van der Waals surface area contributed by atoms with Crippen molar-refractivity contribution in [2.24, 2.45) is 0 Å². The predicted octanol–water partition coefficient (Wildman–Crippen LogP) is -0.267. The number of carbonyl (C=O) groups excluding carboxylic acids is 2. The molecule has 1 aromatic heterocycles. The molecule has 2 heterocycles. The summed E-state index contributed by atoms with van der Waals surface area (Å²) < 4.78 is 0. The second kappa shape index (κ2) is 5.07. The minimum atomic E-state index is -0.557. The van der Waals surface area contributed by atoms with Crippen molar-refractivity contribution >= 4 is 17.5 Å². The van der Waals surface area contributed by atoms with Gasteiger partial charge in [-0.1, -0.05) is 0 Å². The third kappa shape index (κ3) is 2.44. The first-order chi connectivity index (χ1) is 8.59. The number of amides is 2. The molecule has 1 unspecified atom stereocenters. The van der Waals surface area contributed by atoms with E-state index in [-0.39, 0.29) is 17.3 Å². The highest BCUT2D eigenvalue weighted by molar-refractivity contribution is 5.99. The molecular weight excluding hydrogens is 234 g/mol. The zero-order chi connectivity index (χ0) is 13.1. The van der Waals surface area contributed by atoms with E-state index in [9.17, 15) is 9.59 Å². The molecule has 4 N–H and O–H groups in total. The summed E-state index contributed by atoms with van der Waals surface area (Å²) in [4.78, 5) is 25.6. The largest absolute Gasteiger partial charge is 0.396 e. The maximum Gasteiger partial charge on any atom is 0.272 e. The average Bonchev–Trinajstić information content (AvgIpc) is 2.98. The van der Waals surface area contributed by atoms with Crippen molar-refractivity contribution in [2.45, 2.75) is 25.8 Å². The van der Waals surface area contributed by atoms with Gasteiger partial charge < -0.3 is 16.0 Å². The minimum absolute atomic E-state index is 0.0565. The van der Waals surface area contributed by atoms with E-state index in [0.29, 0.717) is 0 Å². The first kappa shape index (κ1) is 12.4. The van der Waals surface area contributed by atoms with Gasteiger partial charge in [0, 0.05) is 13.1 Å². The molecule has 2 amide bonds. The first-order valence-electron chi connectivity index (χ1n) is 5.98. The molecule has 1 aliphatic heterocycles. The van der Waals surface area contributed by atoms with Gasteiger partial charge in [0.1, 0.15) is 11.7 Å². The van der Waals surface area contributed by atoms with E-state index in [4.69, 9.17) is 5.73 Å². The Morgan fingerprint density at radius 1 is 1.50 bits per heavy atom. The Hall–Kier alpha value is -2.05. The summed E-state index contributed by atoms with van der Waals surface area (Å²) in [5.74, 6) is -0.469. The second-order valence-electron chi connectivity index (χ2n) is 4.43. The molecule has 0 bridgehead atoms. The molecule has 0 saturated carbocycles. The number of carbonyl (C=O) groups is 2. The fourth-order valence-corrected chi connectivity index (χ4v) is 2.02. The number of rotatable bonds is 3. The normalized spacial score (nSPS) is 16.6. The van der Waals surface area contributed by atoms with Crippen molar-refractivity contribution in [1.82, 2.24) is 20.4 Å². The zero-order valence-corrected chi connectivity index (χ0v) is 10.3. The number of nitrogens with two attached hydrogens (primary N) is 1. The van der Waals surface area contributed by atoms with Crippen molar-refractivity contribution in [2.75, 3.05) is 18.8 Å². The van der Waals surface area contributed by atoms with Crippen LogP contribution >= 0.6 is 0 Å². The van der Waals surface area contributed by atoms with E-state index in [1.165, 1.54) is 6.20 Å². The lowest BCUT2D eigenvalue weighted by molar-refractivity contribution is -0.131. The number of nitrogens with one attached hydrogen (secondary N) is 2. The van der Waals surface area contributed by atoms with Gasteiger partial charge in [0.2, 0.25) is 5.91 Å². The molecule has 0 radical (unpaired) electrons. The third-order valence-electron chi connectivity index (χ3n) is 3.03. The van der Waals surface area contributed by atoms with Crippen LogP contribution in [-0.4, -0.2) is 46.0 Å². The highest BCUT2D eigenvalue weighted by Gasteiger charge is 2.25. The average molecular weight is 251 g/mol. The number of H-pyrrole nitrogens is 1. The number of anilines is 1. The molecule has 7 heteroatoms. The number of aromatic amines is 1. The summed E-state index contributed by atoms with van der Waals surface area (Å²) in [6, 6.07) is -0.557. The van der Waals surface area contributed by atoms with Crippen LogP contribution in [0.2, 0.25) is 0 Å². The zero-order valence-electron chi connectivity index (χ0n) is 10.3. The van der Waals surface area contributed by atoms with Crippen LogP contribution in [0.25, 0.3) is 0 Å². The van der Waals surface area contributed by atoms with Crippen molar-refractivity contribution in [3.8, 4) is 0 Å². The molecule has 0 spiro atoms. The van der Waals surface area contributed by atoms with Crippen LogP contribution in [-0.2, 0) is 4.79 Å². The molecule has 2 rings (SSSR count). The summed E-state index contributed by atoms with van der Waals surface area (Å²) in [6.07, 6.45) is 3.42. The van der Waals surface area contributed by atoms with Crippen LogP contribution in [0.3, 0.4) is 0 Å². The summed E-state index contributed by atoms with van der Waals surface area (Å²) >= 11 is 0. The number of aromatic nitrogens is 2. The molecule has 1 aromatic rings. The lowest BCUT2D eigenvalue weighted by Gasteiger charge is -2.20. The quantitative estimate of drug-likeness (QED) is 0.688. The molecule has 1 atom stereocenters. The van der Waals surface area contributed by atoms with Gasteiger partial charge in [0.15, 0.2) is 0 Å². The van der Waals surface area contributed by atoms with Crippen molar-refractivity contribution in [3.05, 3.63) is 11.9 Å². The summed E-state index contributed by atoms with van der Waals surface area (Å²) in [6.45, 7) is 3.21. The number of nitrogens with zero attached hydrogens (tertiary/aromatic N) is 2. The van der Waals surface area contributed by atoms with Crippen molar-refractivity contribution in [3.63, 3.8) is 0 Å². The number of likely N-dealkylation sites (tertiary alicyclic amines) is 1. The molecule has 18 heavy (non-hydrogen) atoms. The predicted molar refractivity (Wildman–Crippen MR) is 65.7 cm³/mol. The van der Waals surface area contributed by atoms with Gasteiger partial charge >= 0.3 is 0 Å². The number of hydrogen-bond acceptors (Lipinski definition) is 4. The third-order valence-corrected chi connectivity index (χ3v) is 3.03. The highest BCUT2D eigenvalue weighted by Crippen LogP contribution is 2.10. The SMILES string of the molecule is CC(NC(=O)c1[nH]ncc1N)C(=O)N1CCCC1. The standard InChI is InChI=1S/C11H17N5O2/c1-7(11(18)16-4-2-3-5-16)14-10(17)9-8(12)6-13-15-9/h6-7H,2-5,12H2,1H3,(H,13,15)(H,14,17). The first-order valence-corrected chi connectivity index (χ1v) is 5.98. The summed E-state index contributed by atoms with van der Waals surface area (Å²) in [5, 5.41) is 8.79. The van der Waals surface area contributed by atoms with E-state index in [2.05, 4.69) is 15.5 Å². The molecule has 0 aliphatic carbocycles. The molecule has 1 aliphatic rings. The van der Waals surface area contributed by atoms with E-state index in [1.807, 2.05) is 0 Å². The van der Waals surface area contributed by atoms with Gasteiger partial charge in [-0.3, -0.25) is 14.7 Å². The van der Waals surface area contributed by atoms with E-state index in [1.54, 1.807) is 11.8 Å². The van der Waals surface area contributed by atoms with Crippen molar-refractivity contribution in [1.29, 1.82) is 0 Å². The number of nitrogen functional groups attached to an aromatic ring is 1. The Bertz CT molecular complexity index is 450. The van der Waals surface area contributed by atoms with Crippen LogP contribution in [0.15, 0.2) is 6.20 Å². The van der Waals surface area contributed by atoms with Crippen LogP contribution in [0.4, 0.5) is 5.69 Å². The van der Waals surface area contributed by atoms with Crippen LogP contribution in [0.1, 0.15) is 30.3 Å². The summed E-state index contributed by atoms with van der Waals surface area (Å²) in [5.41, 5.74) is 6.03. The molecule has 1 saturated heterocycles. The molecule has 1 fully saturated rings. The Morgan fingerprint density at radius 3 is 2.72 bits per heavy atom. The Kier molecular flexibility index (Phi) is 3.50. The lowest BCUT2D eigenvalue weighted by atomic mass is 10.2. The van der Waals surface area contributed by atoms with Gasteiger partial charge in [-0.05, 0) is 19.8 Å². The molecule has 98 valence electrons. The van der Waals surface area contributed by atoms with Gasteiger partial charge in [-0.15, -0.1) is 0 Å².